The molecule has 0 amide bonds. The molecule has 3 atom stereocenters. The number of hydrogen-bond acceptors (Lipinski definition) is 1. The molecule has 2 aliphatic carbocycles. The third-order valence-corrected chi connectivity index (χ3v) is 5.81. The van der Waals surface area contributed by atoms with Gasteiger partial charge in [0.2, 0.25) is 0 Å². The van der Waals surface area contributed by atoms with Crippen molar-refractivity contribution in [2.75, 3.05) is 0 Å². The molecule has 1 heterocycles. The van der Waals surface area contributed by atoms with Gasteiger partial charge in [0.25, 0.3) is 0 Å². The summed E-state index contributed by atoms with van der Waals surface area (Å²) in [6.07, 6.45) is 6.40. The molecular formula is C16H26N2. The number of fused-ring (bicyclic) bond motifs is 2. The van der Waals surface area contributed by atoms with Gasteiger partial charge in [-0.1, -0.05) is 20.8 Å². The molecule has 0 radical (unpaired) electrons. The topological polar surface area (TPSA) is 17.0 Å². The van der Waals surface area contributed by atoms with Crippen LogP contribution in [0.2, 0.25) is 0 Å². The Kier molecular flexibility index (Phi) is 2.64. The van der Waals surface area contributed by atoms with E-state index in [1.807, 2.05) is 0 Å². The van der Waals surface area contributed by atoms with E-state index in [-0.39, 0.29) is 0 Å². The molecule has 0 aromatic carbocycles. The van der Waals surface area contributed by atoms with Crippen molar-refractivity contribution < 1.29 is 0 Å². The second-order valence-corrected chi connectivity index (χ2v) is 7.34. The van der Waals surface area contributed by atoms with Gasteiger partial charge in [-0.15, -0.1) is 0 Å². The molecule has 2 saturated carbocycles. The zero-order chi connectivity index (χ0) is 13.0. The van der Waals surface area contributed by atoms with Crippen LogP contribution >= 0.6 is 0 Å². The summed E-state index contributed by atoms with van der Waals surface area (Å²) in [4.78, 5) is 0. The lowest BCUT2D eigenvalue weighted by atomic mass is 9.68. The van der Waals surface area contributed by atoms with E-state index >= 15 is 0 Å². The third-order valence-electron chi connectivity index (χ3n) is 5.81. The molecular weight excluding hydrogens is 220 g/mol. The molecule has 0 saturated heterocycles. The summed E-state index contributed by atoms with van der Waals surface area (Å²) in [7, 11) is 2.13. The number of hydrogen-bond donors (Lipinski definition) is 1. The fourth-order valence-corrected chi connectivity index (χ4v) is 4.70. The molecule has 1 aromatic rings. The minimum Gasteiger partial charge on any atom is -0.353 e. The van der Waals surface area contributed by atoms with Gasteiger partial charge in [0.15, 0.2) is 0 Å². The zero-order valence-electron chi connectivity index (χ0n) is 12.2. The first-order valence-electron chi connectivity index (χ1n) is 7.27. The summed E-state index contributed by atoms with van der Waals surface area (Å²) in [5.41, 5.74) is 2.37. The standard InChI is InChI=1S/C16H26N2/c1-15(2)12-7-8-16(3,10-12)14(15)17-11-13-6-5-9-18(13)4/h5-6,9,12,14,17H,7-8,10-11H2,1-4H3. The van der Waals surface area contributed by atoms with Crippen molar-refractivity contribution in [1.29, 1.82) is 0 Å². The van der Waals surface area contributed by atoms with Crippen LogP contribution in [0.4, 0.5) is 0 Å². The highest BCUT2D eigenvalue weighted by Gasteiger charge is 2.58. The van der Waals surface area contributed by atoms with Crippen LogP contribution in [-0.2, 0) is 13.6 Å². The van der Waals surface area contributed by atoms with Crippen LogP contribution in [0.5, 0.6) is 0 Å². The minimum absolute atomic E-state index is 0.457. The van der Waals surface area contributed by atoms with Gasteiger partial charge >= 0.3 is 0 Å². The van der Waals surface area contributed by atoms with Gasteiger partial charge in [0, 0.05) is 31.5 Å². The number of nitrogens with zero attached hydrogens (tertiary/aromatic N) is 1. The lowest BCUT2D eigenvalue weighted by molar-refractivity contribution is 0.107. The lowest BCUT2D eigenvalue weighted by Gasteiger charge is -2.43. The average molecular weight is 246 g/mol. The van der Waals surface area contributed by atoms with Gasteiger partial charge in [-0.2, -0.15) is 0 Å². The molecule has 0 spiro atoms. The average Bonchev–Trinajstić information content (AvgIpc) is 2.90. The quantitative estimate of drug-likeness (QED) is 0.865. The Morgan fingerprint density at radius 3 is 2.72 bits per heavy atom. The van der Waals surface area contributed by atoms with Gasteiger partial charge in [-0.05, 0) is 48.1 Å². The molecule has 0 aliphatic heterocycles. The molecule has 100 valence electrons. The highest BCUT2D eigenvalue weighted by Crippen LogP contribution is 2.62. The van der Waals surface area contributed by atoms with E-state index in [9.17, 15) is 0 Å². The number of nitrogens with one attached hydrogen (secondary N) is 1. The van der Waals surface area contributed by atoms with Gasteiger partial charge in [0.05, 0.1) is 0 Å². The first-order valence-corrected chi connectivity index (χ1v) is 7.27. The van der Waals surface area contributed by atoms with E-state index in [0.717, 1.165) is 12.5 Å². The molecule has 2 heteroatoms. The van der Waals surface area contributed by atoms with Crippen LogP contribution < -0.4 is 5.32 Å². The Bertz CT molecular complexity index is 441. The first-order chi connectivity index (χ1) is 8.43. The predicted molar refractivity (Wildman–Crippen MR) is 75.3 cm³/mol. The third kappa shape index (κ3) is 1.65. The fraction of sp³-hybridized carbons (Fsp3) is 0.750. The van der Waals surface area contributed by atoms with Gasteiger partial charge < -0.3 is 9.88 Å². The van der Waals surface area contributed by atoms with Crippen molar-refractivity contribution in [3.63, 3.8) is 0 Å². The highest BCUT2D eigenvalue weighted by molar-refractivity contribution is 5.13. The van der Waals surface area contributed by atoms with E-state index in [1.54, 1.807) is 0 Å². The molecule has 2 fully saturated rings. The van der Waals surface area contributed by atoms with E-state index in [2.05, 4.69) is 56.0 Å². The highest BCUT2D eigenvalue weighted by atomic mass is 15.0. The summed E-state index contributed by atoms with van der Waals surface area (Å²) >= 11 is 0. The smallest absolute Gasteiger partial charge is 0.0362 e. The molecule has 18 heavy (non-hydrogen) atoms. The van der Waals surface area contributed by atoms with Crippen molar-refractivity contribution in [3.8, 4) is 0 Å². The van der Waals surface area contributed by atoms with E-state index in [4.69, 9.17) is 0 Å². The van der Waals surface area contributed by atoms with Crippen LogP contribution in [0.1, 0.15) is 45.7 Å². The second kappa shape index (κ2) is 3.86. The van der Waals surface area contributed by atoms with Crippen LogP contribution in [0, 0.1) is 16.7 Å². The Balaban J connectivity index is 1.74. The number of rotatable bonds is 3. The normalized spacial score (nSPS) is 37.3. The molecule has 2 nitrogen and oxygen atoms in total. The molecule has 2 aliphatic rings. The Labute approximate surface area is 111 Å². The largest absolute Gasteiger partial charge is 0.353 e. The second-order valence-electron chi connectivity index (χ2n) is 7.34. The maximum atomic E-state index is 3.87. The van der Waals surface area contributed by atoms with E-state index in [1.165, 1.54) is 25.0 Å². The summed E-state index contributed by atoms with van der Waals surface area (Å²) in [5, 5.41) is 3.87. The summed E-state index contributed by atoms with van der Waals surface area (Å²) in [6.45, 7) is 8.42. The maximum Gasteiger partial charge on any atom is 0.0362 e. The van der Waals surface area contributed by atoms with Crippen LogP contribution in [0.3, 0.4) is 0 Å². The van der Waals surface area contributed by atoms with E-state index < -0.39 is 0 Å². The molecule has 1 aromatic heterocycles. The monoisotopic (exact) mass is 246 g/mol. The van der Waals surface area contributed by atoms with Gasteiger partial charge in [-0.3, -0.25) is 0 Å². The zero-order valence-corrected chi connectivity index (χ0v) is 12.2. The van der Waals surface area contributed by atoms with Crippen molar-refractivity contribution in [1.82, 2.24) is 9.88 Å². The molecule has 3 rings (SSSR count). The van der Waals surface area contributed by atoms with Crippen molar-refractivity contribution >= 4 is 0 Å². The summed E-state index contributed by atoms with van der Waals surface area (Å²) in [6, 6.07) is 5.01. The van der Waals surface area contributed by atoms with Crippen LogP contribution in [-0.4, -0.2) is 10.6 Å². The fourth-order valence-electron chi connectivity index (χ4n) is 4.70. The summed E-state index contributed by atoms with van der Waals surface area (Å²) in [5.74, 6) is 0.924. The van der Waals surface area contributed by atoms with Crippen molar-refractivity contribution in [3.05, 3.63) is 24.0 Å². The SMILES string of the molecule is Cn1cccc1CNC1C2(C)CCC(C2)C1(C)C. The number of aromatic nitrogens is 1. The lowest BCUT2D eigenvalue weighted by Crippen LogP contribution is -2.50. The van der Waals surface area contributed by atoms with E-state index in [0.29, 0.717) is 16.9 Å². The molecule has 3 unspecified atom stereocenters. The van der Waals surface area contributed by atoms with Crippen LogP contribution in [0.25, 0.3) is 0 Å². The van der Waals surface area contributed by atoms with Crippen LogP contribution in [0.15, 0.2) is 18.3 Å². The van der Waals surface area contributed by atoms with Gasteiger partial charge in [-0.25, -0.2) is 0 Å². The Morgan fingerprint density at radius 1 is 1.39 bits per heavy atom. The van der Waals surface area contributed by atoms with Crippen molar-refractivity contribution in [2.24, 2.45) is 23.8 Å². The molecule has 1 N–H and O–H groups in total. The Hall–Kier alpha value is -0.760. The maximum absolute atomic E-state index is 3.87. The minimum atomic E-state index is 0.457. The first kappa shape index (κ1) is 12.3. The number of aryl methyl sites for hydroxylation is 1. The van der Waals surface area contributed by atoms with Gasteiger partial charge in [0.1, 0.15) is 0 Å². The Morgan fingerprint density at radius 2 is 2.17 bits per heavy atom. The summed E-state index contributed by atoms with van der Waals surface area (Å²) < 4.78 is 2.22. The molecule has 2 bridgehead atoms. The predicted octanol–water partition coefficient (Wildman–Crippen LogP) is 3.33. The van der Waals surface area contributed by atoms with Crippen molar-refractivity contribution in [2.45, 2.75) is 52.6 Å².